The monoisotopic (exact) mass is 199 g/mol. The Bertz CT molecular complexity index is 278. The summed E-state index contributed by atoms with van der Waals surface area (Å²) in [4.78, 5) is 19.6. The van der Waals surface area contributed by atoms with Crippen LogP contribution in [-0.2, 0) is 4.79 Å². The lowest BCUT2D eigenvalue weighted by Gasteiger charge is -2.09. The molecule has 1 unspecified atom stereocenters. The highest BCUT2D eigenvalue weighted by Gasteiger charge is 2.07. The van der Waals surface area contributed by atoms with E-state index in [9.17, 15) is 9.69 Å². The Morgan fingerprint density at radius 3 is 2.54 bits per heavy atom. The van der Waals surface area contributed by atoms with Gasteiger partial charge in [0.1, 0.15) is 8.30 Å². The predicted molar refractivity (Wildman–Crippen MR) is 50.9 cm³/mol. The summed E-state index contributed by atoms with van der Waals surface area (Å²) in [5, 5.41) is 11.6. The molecule has 0 saturated heterocycles. The highest BCUT2D eigenvalue weighted by Crippen LogP contribution is 2.21. The Balaban J connectivity index is 2.49. The minimum Gasteiger partial charge on any atom is -0.480 e. The van der Waals surface area contributed by atoms with Gasteiger partial charge in [-0.05, 0) is 0 Å². The van der Waals surface area contributed by atoms with E-state index in [-0.39, 0.29) is 6.54 Å². The quantitative estimate of drug-likeness (QED) is 0.609. The minimum atomic E-state index is -1.54. The molecule has 13 heavy (non-hydrogen) atoms. The van der Waals surface area contributed by atoms with Crippen LogP contribution in [-0.4, -0.2) is 22.5 Å². The van der Waals surface area contributed by atoms with Gasteiger partial charge < -0.3 is 10.00 Å². The normalized spacial score (nSPS) is 12.4. The molecule has 0 aliphatic rings. The number of aliphatic carboxylic acids is 1. The van der Waals surface area contributed by atoms with E-state index in [1.54, 1.807) is 24.3 Å². The molecule has 0 saturated carbocycles. The third-order valence-electron chi connectivity index (χ3n) is 1.38. The van der Waals surface area contributed by atoms with Crippen molar-refractivity contribution in [2.75, 3.05) is 6.54 Å². The third-order valence-corrected chi connectivity index (χ3v) is 2.63. The van der Waals surface area contributed by atoms with Crippen LogP contribution in [0.5, 0.6) is 0 Å². The molecule has 0 aliphatic carbocycles. The molecule has 1 aromatic rings. The van der Waals surface area contributed by atoms with E-state index in [1.165, 1.54) is 0 Å². The number of benzene rings is 1. The van der Waals surface area contributed by atoms with Crippen LogP contribution < -0.4 is 10.4 Å². The topological polar surface area (TPSA) is 69.6 Å². The van der Waals surface area contributed by atoms with E-state index < -0.39 is 14.3 Å². The molecule has 1 atom stereocenters. The summed E-state index contributed by atoms with van der Waals surface area (Å²) in [6.07, 6.45) is 0. The second kappa shape index (κ2) is 4.92. The van der Waals surface area contributed by atoms with Crippen LogP contribution in [0.1, 0.15) is 0 Å². The standard InChI is InChI=1S/C8H10NO3P/c10-8(11)6-9-13(12)7-4-2-1-3-5-7/h1-5,9,12H,6H2,(H,10,11). The zero-order valence-electron chi connectivity index (χ0n) is 6.84. The number of hydrogen-bond acceptors (Lipinski definition) is 3. The summed E-state index contributed by atoms with van der Waals surface area (Å²) < 4.78 is 0. The SMILES string of the molecule is O=C(O)CNP(O)c1ccccc1. The Hall–Kier alpha value is -0.960. The minimum absolute atomic E-state index is 0.225. The zero-order valence-corrected chi connectivity index (χ0v) is 7.74. The summed E-state index contributed by atoms with van der Waals surface area (Å²) >= 11 is 0. The molecule has 0 fully saturated rings. The average molecular weight is 199 g/mol. The number of nitrogens with one attached hydrogen (secondary N) is 1. The van der Waals surface area contributed by atoms with Gasteiger partial charge in [-0.1, -0.05) is 30.3 Å². The van der Waals surface area contributed by atoms with E-state index in [2.05, 4.69) is 5.09 Å². The first-order valence-corrected chi connectivity index (χ1v) is 4.99. The second-order valence-corrected chi connectivity index (χ2v) is 3.83. The van der Waals surface area contributed by atoms with Crippen LogP contribution in [0.2, 0.25) is 0 Å². The highest BCUT2D eigenvalue weighted by molar-refractivity contribution is 7.57. The first-order valence-electron chi connectivity index (χ1n) is 3.69. The van der Waals surface area contributed by atoms with E-state index >= 15 is 0 Å². The molecule has 0 aromatic heterocycles. The van der Waals surface area contributed by atoms with Gasteiger partial charge in [0.05, 0.1) is 6.54 Å². The van der Waals surface area contributed by atoms with Crippen LogP contribution in [0.4, 0.5) is 0 Å². The highest BCUT2D eigenvalue weighted by atomic mass is 31.2. The summed E-state index contributed by atoms with van der Waals surface area (Å²) in [6.45, 7) is -0.225. The molecule has 70 valence electrons. The average Bonchev–Trinajstić information content (AvgIpc) is 2.15. The molecule has 0 amide bonds. The number of hydrogen-bond donors (Lipinski definition) is 3. The van der Waals surface area contributed by atoms with Crippen molar-refractivity contribution in [1.82, 2.24) is 5.09 Å². The fourth-order valence-electron chi connectivity index (χ4n) is 0.803. The van der Waals surface area contributed by atoms with Gasteiger partial charge in [-0.2, -0.15) is 0 Å². The molecule has 1 rings (SSSR count). The van der Waals surface area contributed by atoms with Gasteiger partial charge in [0.25, 0.3) is 0 Å². The van der Waals surface area contributed by atoms with Gasteiger partial charge in [0.15, 0.2) is 0 Å². The Labute approximate surface area is 77.1 Å². The van der Waals surface area contributed by atoms with Crippen LogP contribution >= 0.6 is 8.30 Å². The van der Waals surface area contributed by atoms with E-state index in [4.69, 9.17) is 5.11 Å². The van der Waals surface area contributed by atoms with Crippen molar-refractivity contribution in [1.29, 1.82) is 0 Å². The van der Waals surface area contributed by atoms with Crippen molar-refractivity contribution >= 4 is 19.6 Å². The Morgan fingerprint density at radius 1 is 1.38 bits per heavy atom. The first-order chi connectivity index (χ1) is 6.20. The third kappa shape index (κ3) is 3.51. The maximum atomic E-state index is 10.2. The molecule has 0 spiro atoms. The van der Waals surface area contributed by atoms with Gasteiger partial charge >= 0.3 is 5.97 Å². The number of carbonyl (C=O) groups is 1. The lowest BCUT2D eigenvalue weighted by molar-refractivity contribution is -0.135. The zero-order chi connectivity index (χ0) is 9.68. The van der Waals surface area contributed by atoms with Gasteiger partial charge in [-0.25, -0.2) is 0 Å². The van der Waals surface area contributed by atoms with Crippen LogP contribution in [0.3, 0.4) is 0 Å². The molecule has 0 bridgehead atoms. The molecule has 0 radical (unpaired) electrons. The van der Waals surface area contributed by atoms with Crippen LogP contribution in [0.25, 0.3) is 0 Å². The maximum absolute atomic E-state index is 10.2. The van der Waals surface area contributed by atoms with Crippen molar-refractivity contribution in [3.63, 3.8) is 0 Å². The molecule has 0 heterocycles. The molecule has 1 aromatic carbocycles. The van der Waals surface area contributed by atoms with Crippen molar-refractivity contribution in [2.45, 2.75) is 0 Å². The van der Waals surface area contributed by atoms with Gasteiger partial charge in [-0.15, -0.1) is 0 Å². The Kier molecular flexibility index (Phi) is 3.83. The van der Waals surface area contributed by atoms with Crippen molar-refractivity contribution < 1.29 is 14.8 Å². The first kappa shape index (κ1) is 10.1. The van der Waals surface area contributed by atoms with Crippen LogP contribution in [0.15, 0.2) is 30.3 Å². The molecule has 4 nitrogen and oxygen atoms in total. The number of carboxylic acid groups (broad SMARTS) is 1. The van der Waals surface area contributed by atoms with Crippen molar-refractivity contribution in [3.05, 3.63) is 30.3 Å². The van der Waals surface area contributed by atoms with E-state index in [0.717, 1.165) is 5.30 Å². The Morgan fingerprint density at radius 2 is 2.00 bits per heavy atom. The summed E-state index contributed by atoms with van der Waals surface area (Å²) in [5.41, 5.74) is 0. The van der Waals surface area contributed by atoms with Gasteiger partial charge in [0, 0.05) is 5.30 Å². The lowest BCUT2D eigenvalue weighted by atomic mass is 10.4. The predicted octanol–water partition coefficient (Wildman–Crippen LogP) is 0.290. The molecule has 0 aliphatic heterocycles. The molecule has 5 heteroatoms. The van der Waals surface area contributed by atoms with Gasteiger partial charge in [-0.3, -0.25) is 9.88 Å². The molecular formula is C8H10NO3P. The summed E-state index contributed by atoms with van der Waals surface area (Å²) in [5.74, 6) is -0.975. The number of carboxylic acids is 1. The van der Waals surface area contributed by atoms with E-state index in [0.29, 0.717) is 0 Å². The largest absolute Gasteiger partial charge is 0.480 e. The molecule has 3 N–H and O–H groups in total. The maximum Gasteiger partial charge on any atom is 0.317 e. The van der Waals surface area contributed by atoms with Crippen LogP contribution in [0, 0.1) is 0 Å². The fraction of sp³-hybridized carbons (Fsp3) is 0.125. The molecular weight excluding hydrogens is 189 g/mol. The fourth-order valence-corrected chi connectivity index (χ4v) is 1.73. The van der Waals surface area contributed by atoms with Crippen molar-refractivity contribution in [2.24, 2.45) is 0 Å². The summed E-state index contributed by atoms with van der Waals surface area (Å²) in [7, 11) is -1.54. The van der Waals surface area contributed by atoms with Crippen molar-refractivity contribution in [3.8, 4) is 0 Å². The van der Waals surface area contributed by atoms with Gasteiger partial charge in [0.2, 0.25) is 0 Å². The lowest BCUT2D eigenvalue weighted by Crippen LogP contribution is -2.21. The number of rotatable bonds is 4. The smallest absolute Gasteiger partial charge is 0.317 e. The summed E-state index contributed by atoms with van der Waals surface area (Å²) in [6, 6.07) is 8.93. The van der Waals surface area contributed by atoms with E-state index in [1.807, 2.05) is 6.07 Å². The second-order valence-electron chi connectivity index (χ2n) is 2.38.